The number of rotatable bonds is 3. The summed E-state index contributed by atoms with van der Waals surface area (Å²) in [5, 5.41) is 11.1. The molecule has 1 rings (SSSR count). The summed E-state index contributed by atoms with van der Waals surface area (Å²) in [4.78, 5) is 10.4. The number of carboxylic acids is 1. The Kier molecular flexibility index (Phi) is 6.64. The molecule has 1 aromatic carbocycles. The van der Waals surface area contributed by atoms with E-state index >= 15 is 0 Å². The average molecular weight is 257 g/mol. The third kappa shape index (κ3) is 4.62. The van der Waals surface area contributed by atoms with Crippen LogP contribution in [0.15, 0.2) is 18.2 Å². The van der Waals surface area contributed by atoms with Crippen molar-refractivity contribution in [2.75, 3.05) is 0 Å². The minimum atomic E-state index is -1.30. The van der Waals surface area contributed by atoms with Crippen LogP contribution in [0.3, 0.4) is 0 Å². The summed E-state index contributed by atoms with van der Waals surface area (Å²) < 4.78 is 5.01. The van der Waals surface area contributed by atoms with E-state index in [9.17, 15) is 9.90 Å². The quantitative estimate of drug-likeness (QED) is 0.620. The molecule has 76 valence electrons. The topological polar surface area (TPSA) is 49.4 Å². The molecule has 0 aliphatic rings. The van der Waals surface area contributed by atoms with Crippen LogP contribution in [0.1, 0.15) is 6.92 Å². The molecule has 1 unspecified atom stereocenters. The molecule has 0 bridgehead atoms. The Morgan fingerprint density at radius 3 is 2.53 bits per heavy atom. The fraction of sp³-hybridized carbons (Fsp3) is 0.222. The van der Waals surface area contributed by atoms with Crippen molar-refractivity contribution >= 4 is 29.2 Å². The standard InChI is InChI=1S/C9H8Cl2O3.Na/c1-5(9(12)13)14-8-3-2-6(10)4-7(8)11;/h2-5H,1H3,(H,12,13);/q;+1/p-1. The normalized spacial score (nSPS) is 11.4. The van der Waals surface area contributed by atoms with Crippen LogP contribution in [0.5, 0.6) is 5.75 Å². The molecule has 0 heterocycles. The zero-order valence-electron chi connectivity index (χ0n) is 8.29. The third-order valence-corrected chi connectivity index (χ3v) is 2.06. The predicted molar refractivity (Wildman–Crippen MR) is 51.6 cm³/mol. The van der Waals surface area contributed by atoms with Gasteiger partial charge in [-0.3, -0.25) is 0 Å². The fourth-order valence-corrected chi connectivity index (χ4v) is 1.26. The Labute approximate surface area is 120 Å². The van der Waals surface area contributed by atoms with Gasteiger partial charge in [0.1, 0.15) is 11.9 Å². The summed E-state index contributed by atoms with van der Waals surface area (Å²) in [6, 6.07) is 4.54. The van der Waals surface area contributed by atoms with Crippen molar-refractivity contribution in [2.24, 2.45) is 0 Å². The summed E-state index contributed by atoms with van der Waals surface area (Å²) in [5.41, 5.74) is 0. The van der Waals surface area contributed by atoms with E-state index in [1.807, 2.05) is 0 Å². The summed E-state index contributed by atoms with van der Waals surface area (Å²) in [5.74, 6) is -1.02. The number of halogens is 2. The molecule has 1 atom stereocenters. The van der Waals surface area contributed by atoms with E-state index in [2.05, 4.69) is 0 Å². The number of ether oxygens (including phenoxy) is 1. The average Bonchev–Trinajstić information content (AvgIpc) is 2.09. The van der Waals surface area contributed by atoms with Crippen molar-refractivity contribution in [3.63, 3.8) is 0 Å². The maximum absolute atomic E-state index is 10.4. The molecule has 0 saturated heterocycles. The molecule has 0 radical (unpaired) electrons. The first-order chi connectivity index (χ1) is 6.50. The Morgan fingerprint density at radius 1 is 1.47 bits per heavy atom. The second-order valence-corrected chi connectivity index (χ2v) is 3.50. The molecule has 6 heteroatoms. The number of aliphatic carboxylic acids is 1. The Hall–Kier alpha value is 0.0700. The largest absolute Gasteiger partial charge is 1.00 e. The molecule has 0 aromatic heterocycles. The van der Waals surface area contributed by atoms with E-state index in [0.717, 1.165) is 0 Å². The van der Waals surface area contributed by atoms with Crippen LogP contribution >= 0.6 is 23.2 Å². The Bertz CT molecular complexity index is 357. The van der Waals surface area contributed by atoms with Crippen molar-refractivity contribution in [3.05, 3.63) is 28.2 Å². The van der Waals surface area contributed by atoms with Crippen LogP contribution in [0, 0.1) is 0 Å². The first-order valence-corrected chi connectivity index (χ1v) is 4.59. The Morgan fingerprint density at radius 2 is 2.07 bits per heavy atom. The molecule has 0 spiro atoms. The van der Waals surface area contributed by atoms with Crippen molar-refractivity contribution in [1.29, 1.82) is 0 Å². The SMILES string of the molecule is CC(Oc1ccc(Cl)cc1Cl)C(=O)[O-].[Na+]. The number of carbonyl (C=O) groups is 1. The minimum absolute atomic E-state index is 0. The van der Waals surface area contributed by atoms with Gasteiger partial charge in [-0.25, -0.2) is 0 Å². The van der Waals surface area contributed by atoms with Crippen LogP contribution in [-0.4, -0.2) is 12.1 Å². The van der Waals surface area contributed by atoms with Crippen LogP contribution in [0.25, 0.3) is 0 Å². The van der Waals surface area contributed by atoms with Gasteiger partial charge in [0, 0.05) is 5.02 Å². The number of carbonyl (C=O) groups excluding carboxylic acids is 1. The Balaban J connectivity index is 0.00000196. The van der Waals surface area contributed by atoms with Gasteiger partial charge in [0.2, 0.25) is 0 Å². The van der Waals surface area contributed by atoms with Gasteiger partial charge in [0.05, 0.1) is 11.0 Å². The minimum Gasteiger partial charge on any atom is -0.546 e. The molecule has 1 aromatic rings. The van der Waals surface area contributed by atoms with E-state index in [1.54, 1.807) is 6.07 Å². The second-order valence-electron chi connectivity index (χ2n) is 2.65. The van der Waals surface area contributed by atoms with Gasteiger partial charge >= 0.3 is 29.6 Å². The fourth-order valence-electron chi connectivity index (χ4n) is 0.809. The van der Waals surface area contributed by atoms with E-state index in [4.69, 9.17) is 27.9 Å². The van der Waals surface area contributed by atoms with Gasteiger partial charge in [-0.15, -0.1) is 0 Å². The number of benzene rings is 1. The van der Waals surface area contributed by atoms with Crippen LogP contribution in [-0.2, 0) is 4.79 Å². The molecule has 3 nitrogen and oxygen atoms in total. The third-order valence-electron chi connectivity index (χ3n) is 1.53. The van der Waals surface area contributed by atoms with Gasteiger partial charge in [0.25, 0.3) is 0 Å². The monoisotopic (exact) mass is 256 g/mol. The molecular weight excluding hydrogens is 250 g/mol. The maximum Gasteiger partial charge on any atom is 1.00 e. The second kappa shape index (κ2) is 6.61. The van der Waals surface area contributed by atoms with Crippen LogP contribution in [0.4, 0.5) is 0 Å². The summed E-state index contributed by atoms with van der Waals surface area (Å²) >= 11 is 11.4. The van der Waals surface area contributed by atoms with E-state index in [-0.39, 0.29) is 40.3 Å². The molecule has 0 aliphatic heterocycles. The maximum atomic E-state index is 10.4. The first-order valence-electron chi connectivity index (χ1n) is 3.83. The first kappa shape index (κ1) is 15.1. The van der Waals surface area contributed by atoms with Gasteiger partial charge < -0.3 is 14.6 Å². The zero-order valence-corrected chi connectivity index (χ0v) is 11.8. The number of hydrogen-bond acceptors (Lipinski definition) is 3. The zero-order chi connectivity index (χ0) is 10.7. The van der Waals surface area contributed by atoms with E-state index < -0.39 is 12.1 Å². The van der Waals surface area contributed by atoms with Crippen LogP contribution in [0.2, 0.25) is 10.0 Å². The number of hydrogen-bond donors (Lipinski definition) is 0. The predicted octanol–water partition coefficient (Wildman–Crippen LogP) is -1.49. The molecule has 0 amide bonds. The summed E-state index contributed by atoms with van der Waals surface area (Å²) in [6.07, 6.45) is -1.05. The van der Waals surface area contributed by atoms with Gasteiger partial charge in [-0.05, 0) is 25.1 Å². The molecule has 0 saturated carbocycles. The van der Waals surface area contributed by atoms with E-state index in [0.29, 0.717) is 5.02 Å². The summed E-state index contributed by atoms with van der Waals surface area (Å²) in [7, 11) is 0. The molecule has 0 aliphatic carbocycles. The van der Waals surface area contributed by atoms with Crippen molar-refractivity contribution in [2.45, 2.75) is 13.0 Å². The smallest absolute Gasteiger partial charge is 0.546 e. The van der Waals surface area contributed by atoms with Crippen molar-refractivity contribution < 1.29 is 44.2 Å². The molecule has 15 heavy (non-hydrogen) atoms. The molecular formula is C9H7Cl2NaO3. The van der Waals surface area contributed by atoms with Crippen molar-refractivity contribution in [3.8, 4) is 5.75 Å². The van der Waals surface area contributed by atoms with Gasteiger partial charge in [-0.2, -0.15) is 0 Å². The van der Waals surface area contributed by atoms with Crippen molar-refractivity contribution in [1.82, 2.24) is 0 Å². The number of carboxylic acid groups (broad SMARTS) is 1. The van der Waals surface area contributed by atoms with E-state index in [1.165, 1.54) is 19.1 Å². The van der Waals surface area contributed by atoms with Gasteiger partial charge in [-0.1, -0.05) is 23.2 Å². The van der Waals surface area contributed by atoms with Gasteiger partial charge in [0.15, 0.2) is 0 Å². The molecule has 0 fully saturated rings. The molecule has 0 N–H and O–H groups in total. The van der Waals surface area contributed by atoms with Crippen LogP contribution < -0.4 is 39.4 Å². The summed E-state index contributed by atoms with van der Waals surface area (Å²) in [6.45, 7) is 1.36.